The molecular weight excluding hydrogens is 220 g/mol. The Labute approximate surface area is 98.2 Å². The van der Waals surface area contributed by atoms with Crippen molar-refractivity contribution >= 4 is 11.7 Å². The van der Waals surface area contributed by atoms with Gasteiger partial charge >= 0.3 is 0 Å². The first kappa shape index (κ1) is 11.6. The van der Waals surface area contributed by atoms with Gasteiger partial charge in [0.05, 0.1) is 0 Å². The highest BCUT2D eigenvalue weighted by atomic mass is 16.2. The van der Waals surface area contributed by atoms with E-state index < -0.39 is 11.5 Å². The second-order valence-corrected chi connectivity index (χ2v) is 4.28. The van der Waals surface area contributed by atoms with E-state index in [1.165, 1.54) is 19.3 Å². The molecule has 0 saturated heterocycles. The van der Waals surface area contributed by atoms with Crippen LogP contribution in [-0.2, 0) is 0 Å². The van der Waals surface area contributed by atoms with Crippen molar-refractivity contribution in [2.24, 2.45) is 5.92 Å². The van der Waals surface area contributed by atoms with Gasteiger partial charge in [0.1, 0.15) is 5.56 Å². The molecule has 2 N–H and O–H groups in total. The number of Topliss-reactive ketones (excluding diaryl/α,β-unsaturated/α-hetero) is 1. The molecule has 1 aliphatic rings. The predicted octanol–water partition coefficient (Wildman–Crippen LogP) is 0.717. The maximum absolute atomic E-state index is 11.8. The summed E-state index contributed by atoms with van der Waals surface area (Å²) >= 11 is 0. The largest absolute Gasteiger partial charge is 0.355 e. The molecular formula is C12H14N2O3. The molecule has 0 spiro atoms. The van der Waals surface area contributed by atoms with Crippen molar-refractivity contribution in [3.05, 3.63) is 33.7 Å². The summed E-state index contributed by atoms with van der Waals surface area (Å²) in [6, 6.07) is 1.36. The first-order valence-corrected chi connectivity index (χ1v) is 5.60. The summed E-state index contributed by atoms with van der Waals surface area (Å²) in [5, 5.41) is 2.37. The van der Waals surface area contributed by atoms with E-state index in [0.717, 1.165) is 12.8 Å². The number of aromatic nitrogens is 1. The number of hydrogen-bond acceptors (Lipinski definition) is 3. The topological polar surface area (TPSA) is 79.0 Å². The number of hydrogen-bond donors (Lipinski definition) is 2. The van der Waals surface area contributed by atoms with Crippen LogP contribution in [0, 0.1) is 5.92 Å². The Morgan fingerprint density at radius 1 is 1.47 bits per heavy atom. The van der Waals surface area contributed by atoms with Crippen LogP contribution in [0.15, 0.2) is 17.1 Å². The van der Waals surface area contributed by atoms with Crippen LogP contribution in [0.3, 0.4) is 0 Å². The van der Waals surface area contributed by atoms with Crippen LogP contribution in [0.2, 0.25) is 0 Å². The minimum absolute atomic E-state index is 0.0193. The van der Waals surface area contributed by atoms with Crippen LogP contribution in [0.1, 0.15) is 40.0 Å². The number of ketones is 1. The average molecular weight is 234 g/mol. The molecule has 0 bridgehead atoms. The number of nitrogens with one attached hydrogen (secondary N) is 2. The number of H-pyrrole nitrogens is 1. The second kappa shape index (κ2) is 4.53. The SMILES string of the molecule is CNC(=O)c1cc(C(=O)CC2CC2)c[nH]c1=O. The molecule has 1 amide bonds. The summed E-state index contributed by atoms with van der Waals surface area (Å²) in [6.45, 7) is 0. The summed E-state index contributed by atoms with van der Waals surface area (Å²) < 4.78 is 0. The lowest BCUT2D eigenvalue weighted by Crippen LogP contribution is -2.27. The Morgan fingerprint density at radius 2 is 2.18 bits per heavy atom. The quantitative estimate of drug-likeness (QED) is 0.753. The van der Waals surface area contributed by atoms with Gasteiger partial charge in [-0.2, -0.15) is 0 Å². The van der Waals surface area contributed by atoms with Crippen molar-refractivity contribution in [3.8, 4) is 0 Å². The molecule has 5 nitrogen and oxygen atoms in total. The molecule has 0 aliphatic heterocycles. The maximum atomic E-state index is 11.8. The molecule has 1 aromatic rings. The van der Waals surface area contributed by atoms with Gasteiger partial charge in [-0.05, 0) is 24.8 Å². The standard InChI is InChI=1S/C12H14N2O3/c1-13-11(16)9-5-8(6-14-12(9)17)10(15)4-7-2-3-7/h5-7H,2-4H2,1H3,(H,13,16)(H,14,17). The van der Waals surface area contributed by atoms with Crippen molar-refractivity contribution in [3.63, 3.8) is 0 Å². The van der Waals surface area contributed by atoms with Crippen LogP contribution >= 0.6 is 0 Å². The number of rotatable bonds is 4. The molecule has 17 heavy (non-hydrogen) atoms. The molecule has 2 rings (SSSR count). The number of aromatic amines is 1. The smallest absolute Gasteiger partial charge is 0.260 e. The fraction of sp³-hybridized carbons (Fsp3) is 0.417. The van der Waals surface area contributed by atoms with Crippen molar-refractivity contribution in [1.82, 2.24) is 10.3 Å². The maximum Gasteiger partial charge on any atom is 0.260 e. The molecule has 1 fully saturated rings. The molecule has 1 aromatic heterocycles. The van der Waals surface area contributed by atoms with Crippen molar-refractivity contribution in [2.45, 2.75) is 19.3 Å². The molecule has 1 heterocycles. The van der Waals surface area contributed by atoms with E-state index in [9.17, 15) is 14.4 Å². The van der Waals surface area contributed by atoms with Gasteiger partial charge in [-0.25, -0.2) is 0 Å². The Morgan fingerprint density at radius 3 is 2.76 bits per heavy atom. The summed E-state index contributed by atoms with van der Waals surface area (Å²) in [4.78, 5) is 37.0. The minimum Gasteiger partial charge on any atom is -0.355 e. The van der Waals surface area contributed by atoms with Gasteiger partial charge in [0.25, 0.3) is 11.5 Å². The van der Waals surface area contributed by atoms with Gasteiger partial charge in [0.2, 0.25) is 0 Å². The van der Waals surface area contributed by atoms with Gasteiger partial charge in [-0.3, -0.25) is 14.4 Å². The predicted molar refractivity (Wildman–Crippen MR) is 62.1 cm³/mol. The van der Waals surface area contributed by atoms with Crippen LogP contribution in [0.5, 0.6) is 0 Å². The van der Waals surface area contributed by atoms with Crippen LogP contribution in [0.25, 0.3) is 0 Å². The number of pyridine rings is 1. The zero-order valence-electron chi connectivity index (χ0n) is 9.58. The monoisotopic (exact) mass is 234 g/mol. The van der Waals surface area contributed by atoms with Crippen LogP contribution in [-0.4, -0.2) is 23.7 Å². The summed E-state index contributed by atoms with van der Waals surface area (Å²) in [5.41, 5.74) is -0.100. The molecule has 5 heteroatoms. The third-order valence-electron chi connectivity index (χ3n) is 2.87. The zero-order chi connectivity index (χ0) is 12.4. The van der Waals surface area contributed by atoms with Crippen molar-refractivity contribution in [2.75, 3.05) is 7.05 Å². The van der Waals surface area contributed by atoms with Crippen molar-refractivity contribution in [1.29, 1.82) is 0 Å². The van der Waals surface area contributed by atoms with Gasteiger partial charge < -0.3 is 10.3 Å². The number of carbonyl (C=O) groups excluding carboxylic acids is 2. The molecule has 0 atom stereocenters. The fourth-order valence-corrected chi connectivity index (χ4v) is 1.65. The molecule has 0 aromatic carbocycles. The van der Waals surface area contributed by atoms with E-state index in [1.54, 1.807) is 0 Å². The number of amides is 1. The summed E-state index contributed by atoms with van der Waals surface area (Å²) in [5.74, 6) is -0.0147. The minimum atomic E-state index is -0.479. The van der Waals surface area contributed by atoms with E-state index >= 15 is 0 Å². The Kier molecular flexibility index (Phi) is 3.08. The van der Waals surface area contributed by atoms with E-state index in [2.05, 4.69) is 10.3 Å². The first-order valence-electron chi connectivity index (χ1n) is 5.60. The molecule has 1 saturated carbocycles. The first-order chi connectivity index (χ1) is 8.11. The Balaban J connectivity index is 2.26. The Hall–Kier alpha value is -1.91. The fourth-order valence-electron chi connectivity index (χ4n) is 1.65. The molecule has 0 unspecified atom stereocenters. The lowest BCUT2D eigenvalue weighted by Gasteiger charge is -2.02. The normalized spacial score (nSPS) is 14.4. The van der Waals surface area contributed by atoms with Gasteiger partial charge in [-0.1, -0.05) is 0 Å². The van der Waals surface area contributed by atoms with Gasteiger partial charge in [0.15, 0.2) is 5.78 Å². The van der Waals surface area contributed by atoms with Crippen LogP contribution < -0.4 is 10.9 Å². The van der Waals surface area contributed by atoms with Gasteiger partial charge in [-0.15, -0.1) is 0 Å². The summed E-state index contributed by atoms with van der Waals surface area (Å²) in [6.07, 6.45) is 4.06. The van der Waals surface area contributed by atoms with E-state index in [-0.39, 0.29) is 11.3 Å². The summed E-state index contributed by atoms with van der Waals surface area (Å²) in [7, 11) is 1.44. The lowest BCUT2D eigenvalue weighted by atomic mass is 10.1. The third kappa shape index (κ3) is 2.61. The molecule has 90 valence electrons. The lowest BCUT2D eigenvalue weighted by molar-refractivity contribution is 0.0961. The van der Waals surface area contributed by atoms with E-state index in [4.69, 9.17) is 0 Å². The van der Waals surface area contributed by atoms with Crippen molar-refractivity contribution < 1.29 is 9.59 Å². The second-order valence-electron chi connectivity index (χ2n) is 4.28. The Bertz CT molecular complexity index is 515. The number of carbonyl (C=O) groups is 2. The molecule has 0 radical (unpaired) electrons. The van der Waals surface area contributed by atoms with Gasteiger partial charge in [0, 0.05) is 25.2 Å². The highest BCUT2D eigenvalue weighted by molar-refractivity contribution is 6.00. The average Bonchev–Trinajstić information content (AvgIpc) is 3.12. The highest BCUT2D eigenvalue weighted by Gasteiger charge is 2.25. The molecule has 1 aliphatic carbocycles. The van der Waals surface area contributed by atoms with E-state index in [1.807, 2.05) is 0 Å². The zero-order valence-corrected chi connectivity index (χ0v) is 9.58. The third-order valence-corrected chi connectivity index (χ3v) is 2.87. The highest BCUT2D eigenvalue weighted by Crippen LogP contribution is 2.33. The van der Waals surface area contributed by atoms with E-state index in [0.29, 0.717) is 17.9 Å². The van der Waals surface area contributed by atoms with Crippen LogP contribution in [0.4, 0.5) is 0 Å².